The van der Waals surface area contributed by atoms with E-state index in [4.69, 9.17) is 0 Å². The van der Waals surface area contributed by atoms with Crippen molar-refractivity contribution in [3.8, 4) is 0 Å². The lowest BCUT2D eigenvalue weighted by atomic mass is 10.2. The van der Waals surface area contributed by atoms with Gasteiger partial charge in [0.25, 0.3) is 5.91 Å². The van der Waals surface area contributed by atoms with E-state index in [-0.39, 0.29) is 18.9 Å². The van der Waals surface area contributed by atoms with Crippen LogP contribution >= 0.6 is 0 Å². The summed E-state index contributed by atoms with van der Waals surface area (Å²) >= 11 is 0. The number of nitrogens with zero attached hydrogens (tertiary/aromatic N) is 3. The van der Waals surface area contributed by atoms with Crippen molar-refractivity contribution in [3.63, 3.8) is 0 Å². The van der Waals surface area contributed by atoms with Crippen LogP contribution in [0.4, 0.5) is 13.2 Å². The van der Waals surface area contributed by atoms with E-state index < -0.39 is 24.7 Å². The molecule has 0 bridgehead atoms. The second-order valence-corrected chi connectivity index (χ2v) is 5.10. The SMILES string of the molecule is CN(C(=O)c1cccn1C)[C@H]1CCN(CC(F)(F)F)C1=O. The van der Waals surface area contributed by atoms with Crippen LogP contribution < -0.4 is 0 Å². The Balaban J connectivity index is 2.08. The lowest BCUT2D eigenvalue weighted by molar-refractivity contribution is -0.158. The molecule has 5 nitrogen and oxygen atoms in total. The molecular formula is C13H16F3N3O2. The van der Waals surface area contributed by atoms with Crippen molar-refractivity contribution < 1.29 is 22.8 Å². The second kappa shape index (κ2) is 5.42. The van der Waals surface area contributed by atoms with Crippen LogP contribution in [0.1, 0.15) is 16.9 Å². The summed E-state index contributed by atoms with van der Waals surface area (Å²) in [5, 5.41) is 0. The summed E-state index contributed by atoms with van der Waals surface area (Å²) in [5.41, 5.74) is 0.388. The van der Waals surface area contributed by atoms with Crippen molar-refractivity contribution in [3.05, 3.63) is 24.0 Å². The molecule has 1 saturated heterocycles. The van der Waals surface area contributed by atoms with Gasteiger partial charge in [0.15, 0.2) is 0 Å². The normalized spacial score (nSPS) is 19.2. The maximum absolute atomic E-state index is 12.4. The van der Waals surface area contributed by atoms with Crippen LogP contribution in [0.25, 0.3) is 0 Å². The molecule has 0 N–H and O–H groups in total. The second-order valence-electron chi connectivity index (χ2n) is 5.10. The Morgan fingerprint density at radius 3 is 2.67 bits per heavy atom. The average Bonchev–Trinajstić information content (AvgIpc) is 2.94. The maximum atomic E-state index is 12.4. The lowest BCUT2D eigenvalue weighted by Gasteiger charge is -2.24. The first-order chi connectivity index (χ1) is 9.70. The summed E-state index contributed by atoms with van der Waals surface area (Å²) in [6.07, 6.45) is -2.53. The third-order valence-electron chi connectivity index (χ3n) is 3.59. The standard InChI is InChI=1S/C13H16F3N3O2/c1-17-6-3-4-9(17)11(20)18(2)10-5-7-19(12(10)21)8-13(14,15)16/h3-4,6,10H,5,7-8H2,1-2H3/t10-/m0/s1. The van der Waals surface area contributed by atoms with Crippen molar-refractivity contribution in [2.45, 2.75) is 18.6 Å². The summed E-state index contributed by atoms with van der Waals surface area (Å²) in [7, 11) is 3.13. The highest BCUT2D eigenvalue weighted by molar-refractivity contribution is 5.96. The molecular weight excluding hydrogens is 287 g/mol. The Morgan fingerprint density at radius 1 is 1.48 bits per heavy atom. The molecule has 0 radical (unpaired) electrons. The molecule has 1 aromatic rings. The quantitative estimate of drug-likeness (QED) is 0.844. The van der Waals surface area contributed by atoms with Crippen LogP contribution in [0.5, 0.6) is 0 Å². The number of rotatable bonds is 3. The van der Waals surface area contributed by atoms with Crippen LogP contribution in [0.3, 0.4) is 0 Å². The van der Waals surface area contributed by atoms with Crippen LogP contribution in [0.2, 0.25) is 0 Å². The van der Waals surface area contributed by atoms with E-state index in [1.165, 1.54) is 11.9 Å². The van der Waals surface area contributed by atoms with Gasteiger partial charge >= 0.3 is 6.18 Å². The fraction of sp³-hybridized carbons (Fsp3) is 0.538. The number of aryl methyl sites for hydroxylation is 1. The zero-order valence-corrected chi connectivity index (χ0v) is 11.7. The first-order valence-corrected chi connectivity index (χ1v) is 6.45. The first kappa shape index (κ1) is 15.4. The van der Waals surface area contributed by atoms with E-state index in [1.807, 2.05) is 0 Å². The monoisotopic (exact) mass is 303 g/mol. The summed E-state index contributed by atoms with van der Waals surface area (Å²) in [6, 6.07) is 2.45. The van der Waals surface area contributed by atoms with E-state index in [0.717, 1.165) is 4.90 Å². The number of halogens is 3. The minimum absolute atomic E-state index is 0.00771. The number of likely N-dealkylation sites (N-methyl/N-ethyl adjacent to an activating group) is 1. The molecule has 2 amide bonds. The number of alkyl halides is 3. The molecule has 116 valence electrons. The molecule has 0 unspecified atom stereocenters. The van der Waals surface area contributed by atoms with Crippen LogP contribution in [-0.4, -0.2) is 58.5 Å². The van der Waals surface area contributed by atoms with Gasteiger partial charge in [0.1, 0.15) is 18.3 Å². The van der Waals surface area contributed by atoms with Gasteiger partial charge in [-0.25, -0.2) is 0 Å². The van der Waals surface area contributed by atoms with E-state index in [1.54, 1.807) is 29.9 Å². The smallest absolute Gasteiger partial charge is 0.347 e. The molecule has 0 aromatic carbocycles. The van der Waals surface area contributed by atoms with Gasteiger partial charge in [-0.05, 0) is 18.6 Å². The van der Waals surface area contributed by atoms with E-state index >= 15 is 0 Å². The molecule has 1 atom stereocenters. The lowest BCUT2D eigenvalue weighted by Crippen LogP contribution is -2.45. The third-order valence-corrected chi connectivity index (χ3v) is 3.59. The number of likely N-dealkylation sites (tertiary alicyclic amines) is 1. The largest absolute Gasteiger partial charge is 0.406 e. The Kier molecular flexibility index (Phi) is 3.97. The van der Waals surface area contributed by atoms with Crippen LogP contribution in [-0.2, 0) is 11.8 Å². The molecule has 1 aliphatic rings. The fourth-order valence-corrected chi connectivity index (χ4v) is 2.46. The minimum atomic E-state index is -4.43. The molecule has 8 heteroatoms. The molecule has 1 aromatic heterocycles. The molecule has 1 aliphatic heterocycles. The van der Waals surface area contributed by atoms with Gasteiger partial charge in [-0.2, -0.15) is 13.2 Å². The van der Waals surface area contributed by atoms with Crippen molar-refractivity contribution in [2.75, 3.05) is 20.1 Å². The molecule has 21 heavy (non-hydrogen) atoms. The number of amides is 2. The number of hydrogen-bond acceptors (Lipinski definition) is 2. The van der Waals surface area contributed by atoms with E-state index in [0.29, 0.717) is 5.69 Å². The zero-order chi connectivity index (χ0) is 15.8. The number of aromatic nitrogens is 1. The van der Waals surface area contributed by atoms with Gasteiger partial charge in [-0.1, -0.05) is 0 Å². The van der Waals surface area contributed by atoms with Crippen molar-refractivity contribution in [1.82, 2.24) is 14.4 Å². The van der Waals surface area contributed by atoms with Gasteiger partial charge < -0.3 is 14.4 Å². The van der Waals surface area contributed by atoms with Crippen LogP contribution in [0.15, 0.2) is 18.3 Å². The van der Waals surface area contributed by atoms with E-state index in [9.17, 15) is 22.8 Å². The van der Waals surface area contributed by atoms with Gasteiger partial charge in [0, 0.05) is 26.8 Å². The molecule has 0 aliphatic carbocycles. The van der Waals surface area contributed by atoms with Crippen LogP contribution in [0, 0.1) is 0 Å². The fourth-order valence-electron chi connectivity index (χ4n) is 2.46. The Bertz CT molecular complexity index is 553. The molecule has 1 fully saturated rings. The topological polar surface area (TPSA) is 45.6 Å². The average molecular weight is 303 g/mol. The Morgan fingerprint density at radius 2 is 2.14 bits per heavy atom. The van der Waals surface area contributed by atoms with Gasteiger partial charge in [-0.15, -0.1) is 0 Å². The van der Waals surface area contributed by atoms with Crippen molar-refractivity contribution in [2.24, 2.45) is 7.05 Å². The highest BCUT2D eigenvalue weighted by atomic mass is 19.4. The number of carbonyl (C=O) groups excluding carboxylic acids is 2. The van der Waals surface area contributed by atoms with Gasteiger partial charge in [0.2, 0.25) is 5.91 Å². The predicted octanol–water partition coefficient (Wildman–Crippen LogP) is 1.26. The van der Waals surface area contributed by atoms with E-state index in [2.05, 4.69) is 0 Å². The molecule has 2 rings (SSSR count). The van der Waals surface area contributed by atoms with Crippen molar-refractivity contribution >= 4 is 11.8 Å². The first-order valence-electron chi connectivity index (χ1n) is 6.45. The van der Waals surface area contributed by atoms with Gasteiger partial charge in [-0.3, -0.25) is 9.59 Å². The minimum Gasteiger partial charge on any atom is -0.347 e. The number of carbonyl (C=O) groups is 2. The molecule has 0 saturated carbocycles. The Hall–Kier alpha value is -1.99. The third kappa shape index (κ3) is 3.20. The Labute approximate surface area is 119 Å². The summed E-state index contributed by atoms with van der Waals surface area (Å²) in [5.74, 6) is -1.04. The highest BCUT2D eigenvalue weighted by Crippen LogP contribution is 2.23. The zero-order valence-electron chi connectivity index (χ0n) is 11.7. The van der Waals surface area contributed by atoms with Crippen molar-refractivity contribution in [1.29, 1.82) is 0 Å². The summed E-state index contributed by atoms with van der Waals surface area (Å²) in [6.45, 7) is -1.26. The maximum Gasteiger partial charge on any atom is 0.406 e. The highest BCUT2D eigenvalue weighted by Gasteiger charge is 2.42. The number of hydrogen-bond donors (Lipinski definition) is 0. The molecule has 2 heterocycles. The summed E-state index contributed by atoms with van der Waals surface area (Å²) in [4.78, 5) is 26.2. The predicted molar refractivity (Wildman–Crippen MR) is 68.5 cm³/mol. The summed E-state index contributed by atoms with van der Waals surface area (Å²) < 4.78 is 38.7. The van der Waals surface area contributed by atoms with Gasteiger partial charge in [0.05, 0.1) is 0 Å². The molecule has 0 spiro atoms.